The Kier molecular flexibility index (Phi) is 6.10. The van der Waals surface area contributed by atoms with E-state index in [1.165, 1.54) is 25.3 Å². The Bertz CT molecular complexity index is 1180. The molecule has 0 saturated carbocycles. The topological polar surface area (TPSA) is 9.23 Å². The Morgan fingerprint density at radius 3 is 2.06 bits per heavy atom. The van der Waals surface area contributed by atoms with Crippen LogP contribution in [0.15, 0.2) is 78.4 Å². The predicted molar refractivity (Wildman–Crippen MR) is 114 cm³/mol. The first kappa shape index (κ1) is 23.1. The second-order valence-corrected chi connectivity index (χ2v) is 7.87. The van der Waals surface area contributed by atoms with Gasteiger partial charge in [-0.3, -0.25) is 0 Å². The van der Waals surface area contributed by atoms with E-state index in [2.05, 4.69) is 0 Å². The van der Waals surface area contributed by atoms with E-state index in [0.29, 0.717) is 23.1 Å². The molecule has 0 radical (unpaired) electrons. The third-order valence-corrected chi connectivity index (χ3v) is 5.82. The van der Waals surface area contributed by atoms with Gasteiger partial charge in [0.15, 0.2) is 0 Å². The summed E-state index contributed by atoms with van der Waals surface area (Å²) in [6.45, 7) is 0.279. The van der Waals surface area contributed by atoms with Gasteiger partial charge >= 0.3 is 12.4 Å². The van der Waals surface area contributed by atoms with Gasteiger partial charge in [0.05, 0.1) is 11.1 Å². The van der Waals surface area contributed by atoms with E-state index in [-0.39, 0.29) is 18.1 Å². The number of halogens is 6. The van der Waals surface area contributed by atoms with Crippen LogP contribution in [0.4, 0.5) is 26.3 Å². The molecule has 4 rings (SSSR count). The molecule has 0 spiro atoms. The Morgan fingerprint density at radius 2 is 1.42 bits per heavy atom. The Labute approximate surface area is 187 Å². The first-order valence-corrected chi connectivity index (χ1v) is 10.3. The van der Waals surface area contributed by atoms with Crippen LogP contribution in [0.5, 0.6) is 0 Å². The molecule has 172 valence electrons. The molecule has 0 saturated heterocycles. The molecule has 33 heavy (non-hydrogen) atoms. The molecule has 0 amide bonds. The number of hydrogen-bond donors (Lipinski definition) is 0. The molecule has 3 aromatic rings. The summed E-state index contributed by atoms with van der Waals surface area (Å²) < 4.78 is 86.1. The standard InChI is InChI=1S/C26H20F6O/c1-33-13-12-21-23(16-6-3-2-4-7-16)20-11-10-19(26(30,31)32)15-22(20)24(21)17-8-5-9-18(14-17)25(27,28)29/h2-11,14-15,23H,12-13H2,1H3. The highest BCUT2D eigenvalue weighted by atomic mass is 19.4. The smallest absolute Gasteiger partial charge is 0.384 e. The first-order chi connectivity index (χ1) is 15.6. The molecule has 0 aliphatic heterocycles. The average Bonchev–Trinajstić information content (AvgIpc) is 3.10. The first-order valence-electron chi connectivity index (χ1n) is 10.3. The number of fused-ring (bicyclic) bond motifs is 1. The van der Waals surface area contributed by atoms with Crippen LogP contribution in [0.25, 0.3) is 5.57 Å². The second kappa shape index (κ2) is 8.71. The number of alkyl halides is 6. The van der Waals surface area contributed by atoms with E-state index in [9.17, 15) is 26.3 Å². The summed E-state index contributed by atoms with van der Waals surface area (Å²) in [7, 11) is 1.51. The zero-order chi connectivity index (χ0) is 23.8. The van der Waals surface area contributed by atoms with Crippen molar-refractivity contribution < 1.29 is 31.1 Å². The fourth-order valence-electron chi connectivity index (χ4n) is 4.41. The van der Waals surface area contributed by atoms with Crippen LogP contribution in [0.3, 0.4) is 0 Å². The molecule has 0 aromatic heterocycles. The van der Waals surface area contributed by atoms with Crippen molar-refractivity contribution >= 4 is 5.57 Å². The molecule has 0 fully saturated rings. The summed E-state index contributed by atoms with van der Waals surface area (Å²) in [5.74, 6) is -0.386. The van der Waals surface area contributed by atoms with E-state index in [1.54, 1.807) is 0 Å². The lowest BCUT2D eigenvalue weighted by molar-refractivity contribution is -0.138. The molecule has 1 aliphatic carbocycles. The number of benzene rings is 3. The van der Waals surface area contributed by atoms with Crippen LogP contribution in [-0.4, -0.2) is 13.7 Å². The quantitative estimate of drug-likeness (QED) is 0.353. The lowest BCUT2D eigenvalue weighted by Gasteiger charge is -2.18. The van der Waals surface area contributed by atoms with Crippen molar-refractivity contribution in [3.8, 4) is 0 Å². The van der Waals surface area contributed by atoms with Gasteiger partial charge in [0.25, 0.3) is 0 Å². The Hall–Kier alpha value is -3.06. The van der Waals surface area contributed by atoms with Gasteiger partial charge in [-0.1, -0.05) is 48.5 Å². The summed E-state index contributed by atoms with van der Waals surface area (Å²) in [6.07, 6.45) is -8.79. The average molecular weight is 462 g/mol. The molecule has 0 N–H and O–H groups in total. The third kappa shape index (κ3) is 4.55. The van der Waals surface area contributed by atoms with E-state index in [0.717, 1.165) is 35.4 Å². The van der Waals surface area contributed by atoms with E-state index >= 15 is 0 Å². The lowest BCUT2D eigenvalue weighted by Crippen LogP contribution is -2.07. The van der Waals surface area contributed by atoms with Crippen LogP contribution in [-0.2, 0) is 17.1 Å². The number of rotatable bonds is 5. The van der Waals surface area contributed by atoms with Gasteiger partial charge < -0.3 is 4.74 Å². The molecule has 1 unspecified atom stereocenters. The van der Waals surface area contributed by atoms with Crippen molar-refractivity contribution in [1.82, 2.24) is 0 Å². The predicted octanol–water partition coefficient (Wildman–Crippen LogP) is 7.71. The van der Waals surface area contributed by atoms with Crippen molar-refractivity contribution in [1.29, 1.82) is 0 Å². The SMILES string of the molecule is COCCC1=C(c2cccc(C(F)(F)F)c2)c2cc(C(F)(F)F)ccc2C1c1ccccc1. The summed E-state index contributed by atoms with van der Waals surface area (Å²) in [4.78, 5) is 0. The minimum absolute atomic E-state index is 0.231. The highest BCUT2D eigenvalue weighted by Crippen LogP contribution is 2.51. The van der Waals surface area contributed by atoms with Crippen LogP contribution in [0.2, 0.25) is 0 Å². The summed E-state index contributed by atoms with van der Waals surface area (Å²) >= 11 is 0. The zero-order valence-electron chi connectivity index (χ0n) is 17.6. The molecular formula is C26H20F6O. The highest BCUT2D eigenvalue weighted by molar-refractivity contribution is 5.90. The molecule has 1 nitrogen and oxygen atoms in total. The maximum absolute atomic E-state index is 13.5. The number of ether oxygens (including phenoxy) is 1. The monoisotopic (exact) mass is 462 g/mol. The summed E-state index contributed by atoms with van der Waals surface area (Å²) in [6, 6.07) is 17.5. The van der Waals surface area contributed by atoms with Crippen LogP contribution in [0.1, 0.15) is 45.7 Å². The lowest BCUT2D eigenvalue weighted by atomic mass is 9.86. The molecule has 0 heterocycles. The molecule has 1 aliphatic rings. The Morgan fingerprint density at radius 1 is 0.758 bits per heavy atom. The van der Waals surface area contributed by atoms with Crippen LogP contribution >= 0.6 is 0 Å². The second-order valence-electron chi connectivity index (χ2n) is 7.87. The van der Waals surface area contributed by atoms with Gasteiger partial charge in [0.1, 0.15) is 0 Å². The highest BCUT2D eigenvalue weighted by Gasteiger charge is 2.38. The largest absolute Gasteiger partial charge is 0.416 e. The van der Waals surface area contributed by atoms with E-state index < -0.39 is 23.5 Å². The van der Waals surface area contributed by atoms with Crippen LogP contribution < -0.4 is 0 Å². The minimum Gasteiger partial charge on any atom is -0.384 e. The Balaban J connectivity index is 2.01. The third-order valence-electron chi connectivity index (χ3n) is 5.82. The van der Waals surface area contributed by atoms with Crippen molar-refractivity contribution in [3.05, 3.63) is 112 Å². The van der Waals surface area contributed by atoms with Gasteiger partial charge in [-0.15, -0.1) is 0 Å². The molecule has 7 heteroatoms. The van der Waals surface area contributed by atoms with Crippen molar-refractivity contribution in [2.75, 3.05) is 13.7 Å². The van der Waals surface area contributed by atoms with Crippen molar-refractivity contribution in [2.45, 2.75) is 24.7 Å². The van der Waals surface area contributed by atoms with Gasteiger partial charge in [-0.05, 0) is 64.1 Å². The van der Waals surface area contributed by atoms with Crippen LogP contribution in [0, 0.1) is 0 Å². The van der Waals surface area contributed by atoms with E-state index in [1.807, 2.05) is 30.3 Å². The van der Waals surface area contributed by atoms with Crippen molar-refractivity contribution in [3.63, 3.8) is 0 Å². The normalized spacial score (nSPS) is 16.3. The summed E-state index contributed by atoms with van der Waals surface area (Å²) in [5, 5.41) is 0. The van der Waals surface area contributed by atoms with Gasteiger partial charge in [-0.2, -0.15) is 26.3 Å². The minimum atomic E-state index is -4.58. The van der Waals surface area contributed by atoms with Gasteiger partial charge in [-0.25, -0.2) is 0 Å². The zero-order valence-corrected chi connectivity index (χ0v) is 17.6. The number of methoxy groups -OCH3 is 1. The van der Waals surface area contributed by atoms with Gasteiger partial charge in [0, 0.05) is 19.6 Å². The summed E-state index contributed by atoms with van der Waals surface area (Å²) in [5.41, 5.74) is 1.45. The molecule has 1 atom stereocenters. The fraction of sp³-hybridized carbons (Fsp3) is 0.231. The maximum atomic E-state index is 13.5. The molecule has 3 aromatic carbocycles. The van der Waals surface area contributed by atoms with E-state index in [4.69, 9.17) is 4.74 Å². The van der Waals surface area contributed by atoms with Crippen molar-refractivity contribution in [2.24, 2.45) is 0 Å². The fourth-order valence-corrected chi connectivity index (χ4v) is 4.41. The number of hydrogen-bond acceptors (Lipinski definition) is 1. The molecular weight excluding hydrogens is 442 g/mol. The maximum Gasteiger partial charge on any atom is 0.416 e. The molecule has 0 bridgehead atoms. The van der Waals surface area contributed by atoms with Gasteiger partial charge in [0.2, 0.25) is 0 Å².